The molecule has 106 valence electrons. The molecule has 20 heavy (non-hydrogen) atoms. The van der Waals surface area contributed by atoms with E-state index in [-0.39, 0.29) is 13.2 Å². The van der Waals surface area contributed by atoms with Gasteiger partial charge >= 0.3 is 5.63 Å². The predicted molar refractivity (Wildman–Crippen MR) is 70.3 cm³/mol. The fraction of sp³-hybridized carbons (Fsp3) is 0.308. The predicted octanol–water partition coefficient (Wildman–Crippen LogP) is 2.08. The van der Waals surface area contributed by atoms with Crippen molar-refractivity contribution in [3.63, 3.8) is 0 Å². The maximum Gasteiger partial charge on any atom is 0.336 e. The van der Waals surface area contributed by atoms with Crippen molar-refractivity contribution in [1.82, 2.24) is 0 Å². The number of hydrogen-bond acceptors (Lipinski definition) is 6. The molecule has 0 aliphatic heterocycles. The van der Waals surface area contributed by atoms with E-state index < -0.39 is 10.7 Å². The molecule has 0 aliphatic rings. The molecule has 0 aliphatic carbocycles. The van der Waals surface area contributed by atoms with Crippen LogP contribution in [0, 0.1) is 17.0 Å². The Balaban J connectivity index is 2.01. The fourth-order valence-corrected chi connectivity index (χ4v) is 1.78. The second kappa shape index (κ2) is 6.05. The first-order chi connectivity index (χ1) is 9.56. The minimum atomic E-state index is -0.840. The summed E-state index contributed by atoms with van der Waals surface area (Å²) in [5.41, 5.74) is 0.878. The van der Waals surface area contributed by atoms with Crippen LogP contribution < -0.4 is 10.4 Å². The van der Waals surface area contributed by atoms with E-state index in [1.54, 1.807) is 18.2 Å². The second-order valence-corrected chi connectivity index (χ2v) is 4.17. The van der Waals surface area contributed by atoms with Gasteiger partial charge in [-0.25, -0.2) is 4.79 Å². The normalized spacial score (nSPS) is 10.4. The lowest BCUT2D eigenvalue weighted by Crippen LogP contribution is -2.06. The van der Waals surface area contributed by atoms with E-state index in [1.165, 1.54) is 6.07 Å². The van der Waals surface area contributed by atoms with E-state index in [0.717, 1.165) is 10.9 Å². The average molecular weight is 279 g/mol. The molecule has 2 aromatic rings. The quantitative estimate of drug-likeness (QED) is 0.348. The molecule has 1 heterocycles. The minimum absolute atomic E-state index is 0.0191. The molecular weight excluding hydrogens is 266 g/mol. The third kappa shape index (κ3) is 3.47. The van der Waals surface area contributed by atoms with Crippen LogP contribution in [0.5, 0.6) is 5.75 Å². The van der Waals surface area contributed by atoms with Crippen molar-refractivity contribution in [2.75, 3.05) is 13.2 Å². The number of nitrogens with zero attached hydrogens (tertiary/aromatic N) is 1. The van der Waals surface area contributed by atoms with Gasteiger partial charge in [0.15, 0.2) is 0 Å². The number of rotatable bonds is 6. The Morgan fingerprint density at radius 3 is 2.85 bits per heavy atom. The van der Waals surface area contributed by atoms with Gasteiger partial charge in [-0.1, -0.05) is 0 Å². The van der Waals surface area contributed by atoms with Crippen molar-refractivity contribution in [2.45, 2.75) is 13.3 Å². The Labute approximate surface area is 113 Å². The first-order valence-electron chi connectivity index (χ1n) is 6.01. The second-order valence-electron chi connectivity index (χ2n) is 4.17. The number of fused-ring (bicyclic) bond motifs is 1. The molecule has 7 nitrogen and oxygen atoms in total. The van der Waals surface area contributed by atoms with Crippen LogP contribution in [0.2, 0.25) is 0 Å². The van der Waals surface area contributed by atoms with Gasteiger partial charge in [-0.15, -0.1) is 10.1 Å². The lowest BCUT2D eigenvalue weighted by atomic mass is 10.1. The molecule has 0 fully saturated rings. The van der Waals surface area contributed by atoms with Crippen LogP contribution in [-0.2, 0) is 4.84 Å². The highest BCUT2D eigenvalue weighted by atomic mass is 16.9. The van der Waals surface area contributed by atoms with E-state index in [4.69, 9.17) is 9.15 Å². The smallest absolute Gasteiger partial charge is 0.336 e. The molecule has 7 heteroatoms. The summed E-state index contributed by atoms with van der Waals surface area (Å²) in [4.78, 5) is 25.4. The third-order valence-electron chi connectivity index (χ3n) is 2.68. The zero-order valence-corrected chi connectivity index (χ0v) is 10.8. The maximum absolute atomic E-state index is 11.3. The van der Waals surface area contributed by atoms with Gasteiger partial charge < -0.3 is 14.0 Å². The van der Waals surface area contributed by atoms with Crippen LogP contribution in [-0.4, -0.2) is 18.3 Å². The van der Waals surface area contributed by atoms with Gasteiger partial charge in [0, 0.05) is 23.9 Å². The highest BCUT2D eigenvalue weighted by molar-refractivity contribution is 5.81. The van der Waals surface area contributed by atoms with Crippen LogP contribution in [0.1, 0.15) is 12.0 Å². The summed E-state index contributed by atoms with van der Waals surface area (Å²) in [5, 5.41) is 9.94. The van der Waals surface area contributed by atoms with Crippen molar-refractivity contribution in [2.24, 2.45) is 0 Å². The first kappa shape index (κ1) is 13.9. The molecule has 2 rings (SSSR count). The zero-order valence-electron chi connectivity index (χ0n) is 10.8. The van der Waals surface area contributed by atoms with Gasteiger partial charge in [-0.2, -0.15) is 0 Å². The lowest BCUT2D eigenvalue weighted by Gasteiger charge is -2.07. The van der Waals surface area contributed by atoms with Crippen molar-refractivity contribution < 1.29 is 19.1 Å². The maximum atomic E-state index is 11.3. The van der Waals surface area contributed by atoms with Gasteiger partial charge in [0.05, 0.1) is 13.2 Å². The molecule has 1 aromatic heterocycles. The number of aryl methyl sites for hydroxylation is 1. The van der Waals surface area contributed by atoms with Crippen LogP contribution in [0.3, 0.4) is 0 Å². The van der Waals surface area contributed by atoms with E-state index >= 15 is 0 Å². The average Bonchev–Trinajstić information content (AvgIpc) is 2.37. The molecule has 0 atom stereocenters. The Hall–Kier alpha value is -2.57. The van der Waals surface area contributed by atoms with Gasteiger partial charge in [-0.3, -0.25) is 0 Å². The summed E-state index contributed by atoms with van der Waals surface area (Å²) < 4.78 is 10.5. The van der Waals surface area contributed by atoms with Crippen molar-refractivity contribution in [1.29, 1.82) is 0 Å². The van der Waals surface area contributed by atoms with Gasteiger partial charge in [-0.05, 0) is 24.6 Å². The minimum Gasteiger partial charge on any atom is -0.493 e. The summed E-state index contributed by atoms with van der Waals surface area (Å²) in [6.45, 7) is 2.08. The molecule has 0 N–H and O–H groups in total. The molecule has 0 radical (unpaired) electrons. The molecule has 0 saturated heterocycles. The molecule has 0 spiro atoms. The standard InChI is InChI=1S/C13H13NO6/c1-9-7-13(15)20-12-8-10(3-4-11(9)12)18-5-2-6-19-14(16)17/h3-4,7-8H,2,5-6H2,1H3. The van der Waals surface area contributed by atoms with E-state index in [0.29, 0.717) is 17.8 Å². The molecule has 0 saturated carbocycles. The number of ether oxygens (including phenoxy) is 1. The van der Waals surface area contributed by atoms with E-state index in [9.17, 15) is 14.9 Å². The van der Waals surface area contributed by atoms with Crippen molar-refractivity contribution in [3.05, 3.63) is 50.4 Å². The SMILES string of the molecule is Cc1cc(=O)oc2cc(OCCCO[N+](=O)[O-])ccc12. The highest BCUT2D eigenvalue weighted by Crippen LogP contribution is 2.22. The van der Waals surface area contributed by atoms with Crippen LogP contribution in [0.15, 0.2) is 33.5 Å². The van der Waals surface area contributed by atoms with Crippen molar-refractivity contribution in [3.8, 4) is 5.75 Å². The summed E-state index contributed by atoms with van der Waals surface area (Å²) in [6, 6.07) is 6.61. The van der Waals surface area contributed by atoms with E-state index in [2.05, 4.69) is 4.84 Å². The first-order valence-corrected chi connectivity index (χ1v) is 6.01. The summed E-state index contributed by atoms with van der Waals surface area (Å²) in [5.74, 6) is 0.535. The number of benzene rings is 1. The fourth-order valence-electron chi connectivity index (χ4n) is 1.78. The Morgan fingerprint density at radius 2 is 2.10 bits per heavy atom. The van der Waals surface area contributed by atoms with Crippen LogP contribution in [0.25, 0.3) is 11.0 Å². The largest absolute Gasteiger partial charge is 0.493 e. The number of hydrogen-bond donors (Lipinski definition) is 0. The molecule has 0 amide bonds. The van der Waals surface area contributed by atoms with Gasteiger partial charge in [0.2, 0.25) is 0 Å². The summed E-state index contributed by atoms with van der Waals surface area (Å²) >= 11 is 0. The highest BCUT2D eigenvalue weighted by Gasteiger charge is 2.04. The topological polar surface area (TPSA) is 91.8 Å². The Kier molecular flexibility index (Phi) is 4.19. The molecule has 1 aromatic carbocycles. The van der Waals surface area contributed by atoms with E-state index in [1.807, 2.05) is 6.92 Å². The zero-order chi connectivity index (χ0) is 14.5. The Bertz CT molecular complexity index is 678. The molecular formula is C13H13NO6. The summed E-state index contributed by atoms with van der Waals surface area (Å²) in [6.07, 6.45) is 0.386. The molecule has 0 unspecified atom stereocenters. The summed E-state index contributed by atoms with van der Waals surface area (Å²) in [7, 11) is 0. The van der Waals surface area contributed by atoms with Gasteiger partial charge in [0.1, 0.15) is 11.3 Å². The monoisotopic (exact) mass is 279 g/mol. The van der Waals surface area contributed by atoms with Crippen molar-refractivity contribution >= 4 is 11.0 Å². The molecule has 0 bridgehead atoms. The van der Waals surface area contributed by atoms with Gasteiger partial charge in [0.25, 0.3) is 5.09 Å². The van der Waals surface area contributed by atoms with Crippen LogP contribution >= 0.6 is 0 Å². The van der Waals surface area contributed by atoms with Crippen LogP contribution in [0.4, 0.5) is 0 Å². The third-order valence-corrected chi connectivity index (χ3v) is 2.68. The lowest BCUT2D eigenvalue weighted by molar-refractivity contribution is -0.757. The Morgan fingerprint density at radius 1 is 1.30 bits per heavy atom.